The monoisotopic (exact) mass is 417 g/mol. The van der Waals surface area contributed by atoms with E-state index in [2.05, 4.69) is 58.1 Å². The fourth-order valence-corrected chi connectivity index (χ4v) is 3.54. The maximum atomic E-state index is 11.2. The van der Waals surface area contributed by atoms with Crippen molar-refractivity contribution in [2.24, 2.45) is 0 Å². The Kier molecular flexibility index (Phi) is 6.37. The normalized spacial score (nSPS) is 12.3. The molecule has 0 spiro atoms. The Bertz CT molecular complexity index is 1080. The topological polar surface area (TPSA) is 36.1 Å². The summed E-state index contributed by atoms with van der Waals surface area (Å²) in [6.45, 7) is 10.6. The van der Waals surface area contributed by atoms with Gasteiger partial charge in [-0.15, -0.1) is 0 Å². The lowest BCUT2D eigenvalue weighted by Gasteiger charge is -2.19. The van der Waals surface area contributed by atoms with Crippen LogP contribution in [0.1, 0.15) is 43.0 Å². The zero-order valence-electron chi connectivity index (χ0n) is 18.2. The third-order valence-electron chi connectivity index (χ3n) is 5.29. The van der Waals surface area contributed by atoms with Gasteiger partial charge in [0.25, 0.3) is 5.70 Å². The first-order valence-corrected chi connectivity index (χ1v) is 10.5. The van der Waals surface area contributed by atoms with Gasteiger partial charge >= 0.3 is 0 Å². The average molecular weight is 418 g/mol. The number of nitrogens with one attached hydrogen (secondary N) is 1. The van der Waals surface area contributed by atoms with E-state index < -0.39 is 0 Å². The van der Waals surface area contributed by atoms with Gasteiger partial charge in [0.2, 0.25) is 0 Å². The van der Waals surface area contributed by atoms with Crippen molar-refractivity contribution >= 4 is 34.3 Å². The Morgan fingerprint density at radius 2 is 1.53 bits per heavy atom. The van der Waals surface area contributed by atoms with E-state index in [1.165, 1.54) is 11.1 Å². The van der Waals surface area contributed by atoms with Crippen molar-refractivity contribution in [3.8, 4) is 0 Å². The van der Waals surface area contributed by atoms with Gasteiger partial charge in [-0.2, -0.15) is 4.57 Å². The van der Waals surface area contributed by atoms with E-state index in [1.54, 1.807) is 0 Å². The minimum atomic E-state index is 0.0500. The molecule has 0 aliphatic carbocycles. The van der Waals surface area contributed by atoms with Crippen molar-refractivity contribution in [3.63, 3.8) is 0 Å². The van der Waals surface area contributed by atoms with Gasteiger partial charge in [-0.25, -0.2) is 0 Å². The van der Waals surface area contributed by atoms with Gasteiger partial charge in [-0.05, 0) is 42.0 Å². The maximum absolute atomic E-state index is 11.2. The number of hydrogen-bond acceptors (Lipinski definition) is 2. The Labute approximate surface area is 184 Å². The van der Waals surface area contributed by atoms with Crippen LogP contribution >= 0.6 is 12.2 Å². The first-order chi connectivity index (χ1) is 14.2. The number of nitrogens with zero attached hydrogens (tertiary/aromatic N) is 1. The van der Waals surface area contributed by atoms with Crippen LogP contribution < -0.4 is 9.88 Å². The number of aliphatic hydroxyl groups excluding tert-OH is 1. The Morgan fingerprint density at radius 1 is 0.900 bits per heavy atom. The highest BCUT2D eigenvalue weighted by molar-refractivity contribution is 7.81. The van der Waals surface area contributed by atoms with E-state index >= 15 is 0 Å². The molecule has 3 nitrogen and oxygen atoms in total. The predicted molar refractivity (Wildman–Crippen MR) is 130 cm³/mol. The van der Waals surface area contributed by atoms with Crippen molar-refractivity contribution in [2.75, 3.05) is 5.32 Å². The van der Waals surface area contributed by atoms with E-state index in [0.29, 0.717) is 10.7 Å². The molecule has 0 atom stereocenters. The van der Waals surface area contributed by atoms with Crippen LogP contribution in [0.3, 0.4) is 0 Å². The number of thiocarbonyl (C=S) groups is 1. The molecule has 0 aliphatic heterocycles. The molecule has 0 fully saturated rings. The third-order valence-corrected chi connectivity index (χ3v) is 5.59. The maximum Gasteiger partial charge on any atom is 0.288 e. The second-order valence-corrected chi connectivity index (χ2v) is 8.92. The summed E-state index contributed by atoms with van der Waals surface area (Å²) in [5.74, 6) is 0.134. The molecule has 0 aliphatic rings. The Morgan fingerprint density at radius 3 is 2.13 bits per heavy atom. The fraction of sp³-hybridized carbons (Fsp3) is 0.231. The molecule has 2 N–H and O–H groups in total. The molecule has 0 bridgehead atoms. The van der Waals surface area contributed by atoms with Crippen molar-refractivity contribution < 1.29 is 9.67 Å². The minimum Gasteiger partial charge on any atom is -0.502 e. The summed E-state index contributed by atoms with van der Waals surface area (Å²) in [6, 6.07) is 19.8. The number of anilines is 1. The Balaban J connectivity index is 2.06. The quantitative estimate of drug-likeness (QED) is 0.229. The summed E-state index contributed by atoms with van der Waals surface area (Å²) < 4.78 is 1.84. The van der Waals surface area contributed by atoms with Gasteiger partial charge in [0.15, 0.2) is 23.1 Å². The third kappa shape index (κ3) is 4.77. The van der Waals surface area contributed by atoms with E-state index in [0.717, 1.165) is 16.8 Å². The zero-order valence-corrected chi connectivity index (χ0v) is 19.0. The summed E-state index contributed by atoms with van der Waals surface area (Å²) >= 11 is 5.75. The van der Waals surface area contributed by atoms with Crippen LogP contribution in [0.25, 0.3) is 11.5 Å². The van der Waals surface area contributed by atoms with Crippen LogP contribution in [0.5, 0.6) is 0 Å². The van der Waals surface area contributed by atoms with Crippen LogP contribution in [0.4, 0.5) is 5.69 Å². The molecule has 1 aromatic heterocycles. The predicted octanol–water partition coefficient (Wildman–Crippen LogP) is 6.21. The first-order valence-electron chi connectivity index (χ1n) is 10.1. The Hall–Kier alpha value is -2.98. The molecule has 2 aromatic carbocycles. The summed E-state index contributed by atoms with van der Waals surface area (Å²) in [4.78, 5) is 0.456. The molecule has 154 valence electrons. The van der Waals surface area contributed by atoms with Crippen LogP contribution in [-0.4, -0.2) is 10.1 Å². The van der Waals surface area contributed by atoms with Crippen LogP contribution in [0.2, 0.25) is 0 Å². The molecular weight excluding hydrogens is 388 g/mol. The second kappa shape index (κ2) is 8.80. The van der Waals surface area contributed by atoms with E-state index in [1.807, 2.05) is 59.4 Å². The molecule has 0 radical (unpaired) electrons. The number of pyridine rings is 1. The van der Waals surface area contributed by atoms with Crippen molar-refractivity contribution in [2.45, 2.75) is 40.0 Å². The van der Waals surface area contributed by atoms with Crippen molar-refractivity contribution in [3.05, 3.63) is 95.3 Å². The lowest BCUT2D eigenvalue weighted by molar-refractivity contribution is -0.575. The minimum absolute atomic E-state index is 0.0500. The molecule has 0 amide bonds. The van der Waals surface area contributed by atoms with Crippen molar-refractivity contribution in [1.82, 2.24) is 0 Å². The highest BCUT2D eigenvalue weighted by Crippen LogP contribution is 2.26. The van der Waals surface area contributed by atoms with Crippen LogP contribution in [0.15, 0.2) is 73.1 Å². The summed E-state index contributed by atoms with van der Waals surface area (Å²) in [6.07, 6.45) is 3.76. The largest absolute Gasteiger partial charge is 0.502 e. The summed E-state index contributed by atoms with van der Waals surface area (Å²) in [5, 5.41) is 14.6. The fourth-order valence-electron chi connectivity index (χ4n) is 3.23. The molecular formula is C26H29N2OS+. The highest BCUT2D eigenvalue weighted by Gasteiger charge is 2.24. The van der Waals surface area contributed by atoms with Crippen LogP contribution in [-0.2, 0) is 5.41 Å². The van der Waals surface area contributed by atoms with Crippen LogP contribution in [0, 0.1) is 13.8 Å². The lowest BCUT2D eigenvalue weighted by Crippen LogP contribution is -2.38. The van der Waals surface area contributed by atoms with Gasteiger partial charge in [0, 0.05) is 23.4 Å². The highest BCUT2D eigenvalue weighted by atomic mass is 32.1. The molecule has 0 saturated heterocycles. The number of rotatable bonds is 4. The van der Waals surface area contributed by atoms with Gasteiger partial charge < -0.3 is 10.4 Å². The van der Waals surface area contributed by atoms with Crippen molar-refractivity contribution in [1.29, 1.82) is 0 Å². The molecule has 0 saturated carbocycles. The molecule has 30 heavy (non-hydrogen) atoms. The number of aryl methyl sites for hydroxylation is 1. The molecule has 4 heteroatoms. The van der Waals surface area contributed by atoms with Gasteiger partial charge in [-0.1, -0.05) is 75.5 Å². The van der Waals surface area contributed by atoms with E-state index in [9.17, 15) is 5.11 Å². The smallest absolute Gasteiger partial charge is 0.288 e. The average Bonchev–Trinajstić information content (AvgIpc) is 2.72. The molecule has 0 unspecified atom stereocenters. The van der Waals surface area contributed by atoms with Gasteiger partial charge in [0.05, 0.1) is 0 Å². The first kappa shape index (κ1) is 21.7. The number of benzene rings is 2. The van der Waals surface area contributed by atoms with Gasteiger partial charge in [-0.3, -0.25) is 0 Å². The number of aromatic nitrogens is 1. The number of hydrogen-bond donors (Lipinski definition) is 2. The summed E-state index contributed by atoms with van der Waals surface area (Å²) in [5.41, 5.74) is 5.77. The van der Waals surface area contributed by atoms with Gasteiger partial charge in [0.1, 0.15) is 0 Å². The molecule has 1 heterocycles. The van der Waals surface area contributed by atoms with E-state index in [-0.39, 0.29) is 11.2 Å². The SMILES string of the molecule is Cc1cccc(NC(=S)C(=C(O)c2ccc(C(C)(C)C)cc2)[n+]2ccccc2)c1C. The summed E-state index contributed by atoms with van der Waals surface area (Å²) in [7, 11) is 0. The molecule has 3 aromatic rings. The lowest BCUT2D eigenvalue weighted by atomic mass is 9.86. The molecule has 3 rings (SSSR count). The second-order valence-electron chi connectivity index (χ2n) is 8.51. The van der Waals surface area contributed by atoms with E-state index in [4.69, 9.17) is 12.2 Å². The standard InChI is InChI=1S/C26H28N2OS/c1-18-10-9-11-22(19(18)2)27-25(30)23(28-16-7-6-8-17-28)24(29)20-12-14-21(15-13-20)26(3,4)5/h6-17H,1-5H3,(H-,27,29,30)/p+1. The zero-order chi connectivity index (χ0) is 21.9. The number of aliphatic hydroxyl groups is 1.